The van der Waals surface area contributed by atoms with E-state index < -0.39 is 4.92 Å². The van der Waals surface area contributed by atoms with E-state index in [4.69, 9.17) is 0 Å². The van der Waals surface area contributed by atoms with Crippen LogP contribution in [-0.2, 0) is 4.79 Å². The van der Waals surface area contributed by atoms with Gasteiger partial charge in [0, 0.05) is 17.7 Å². The third kappa shape index (κ3) is 3.51. The Bertz CT molecular complexity index is 501. The van der Waals surface area contributed by atoms with E-state index in [9.17, 15) is 14.9 Å². The van der Waals surface area contributed by atoms with Crippen LogP contribution in [0.3, 0.4) is 0 Å². The number of piperidine rings is 1. The number of carbonyl (C=O) groups excluding carboxylic acids is 1. The second-order valence-electron chi connectivity index (χ2n) is 4.44. The number of rotatable bonds is 3. The summed E-state index contributed by atoms with van der Waals surface area (Å²) in [4.78, 5) is 22.2. The van der Waals surface area contributed by atoms with Crippen molar-refractivity contribution in [3.63, 3.8) is 0 Å². The summed E-state index contributed by atoms with van der Waals surface area (Å²) in [6.07, 6.45) is 1.64. The number of nitrogens with one attached hydrogen (secondary N) is 2. The van der Waals surface area contributed by atoms with E-state index in [-0.39, 0.29) is 17.5 Å². The number of benzene rings is 1. The highest BCUT2D eigenvalue weighted by atomic mass is 79.9. The fourth-order valence-corrected chi connectivity index (χ4v) is 2.58. The zero-order valence-corrected chi connectivity index (χ0v) is 11.8. The van der Waals surface area contributed by atoms with Crippen LogP contribution >= 0.6 is 15.9 Å². The van der Waals surface area contributed by atoms with Crippen molar-refractivity contribution in [2.75, 3.05) is 18.4 Å². The molecule has 0 unspecified atom stereocenters. The molecule has 1 aromatic rings. The lowest BCUT2D eigenvalue weighted by molar-refractivity contribution is -0.385. The lowest BCUT2D eigenvalue weighted by Crippen LogP contribution is -2.34. The topological polar surface area (TPSA) is 84.3 Å². The third-order valence-corrected chi connectivity index (χ3v) is 3.76. The van der Waals surface area contributed by atoms with Crippen LogP contribution in [0.5, 0.6) is 0 Å². The van der Waals surface area contributed by atoms with Crippen molar-refractivity contribution in [2.45, 2.75) is 12.8 Å². The molecule has 1 saturated heterocycles. The maximum atomic E-state index is 12.0. The van der Waals surface area contributed by atoms with Crippen molar-refractivity contribution in [3.05, 3.63) is 32.8 Å². The third-order valence-electron chi connectivity index (χ3n) is 3.12. The van der Waals surface area contributed by atoms with E-state index in [2.05, 4.69) is 26.6 Å². The molecule has 0 aromatic heterocycles. The zero-order chi connectivity index (χ0) is 13.8. The van der Waals surface area contributed by atoms with Gasteiger partial charge in [0.25, 0.3) is 5.69 Å². The van der Waals surface area contributed by atoms with Crippen LogP contribution in [0.1, 0.15) is 12.8 Å². The van der Waals surface area contributed by atoms with Crippen LogP contribution in [0.15, 0.2) is 22.7 Å². The number of halogens is 1. The molecule has 1 aliphatic rings. The van der Waals surface area contributed by atoms with E-state index in [0.717, 1.165) is 25.9 Å². The van der Waals surface area contributed by atoms with Crippen molar-refractivity contribution in [1.82, 2.24) is 5.32 Å². The molecular weight excluding hydrogens is 314 g/mol. The van der Waals surface area contributed by atoms with Gasteiger partial charge in [-0.15, -0.1) is 0 Å². The zero-order valence-electron chi connectivity index (χ0n) is 10.2. The molecule has 102 valence electrons. The lowest BCUT2D eigenvalue weighted by atomic mass is 9.97. The van der Waals surface area contributed by atoms with E-state index in [1.54, 1.807) is 12.1 Å². The van der Waals surface area contributed by atoms with Gasteiger partial charge in [0.1, 0.15) is 0 Å². The van der Waals surface area contributed by atoms with Gasteiger partial charge in [-0.3, -0.25) is 14.9 Å². The van der Waals surface area contributed by atoms with Crippen LogP contribution < -0.4 is 10.6 Å². The molecular formula is C12H14BrN3O3. The molecule has 2 rings (SSSR count). The molecule has 2 N–H and O–H groups in total. The number of nitrogens with zero attached hydrogens (tertiary/aromatic N) is 1. The molecule has 1 fully saturated rings. The molecule has 1 heterocycles. The summed E-state index contributed by atoms with van der Waals surface area (Å²) in [6, 6.07) is 4.47. The molecule has 1 aliphatic heterocycles. The number of nitro groups is 1. The maximum absolute atomic E-state index is 12.0. The number of anilines is 1. The number of amides is 1. The number of carbonyl (C=O) groups is 1. The number of hydrogen-bond donors (Lipinski definition) is 2. The molecule has 6 nitrogen and oxygen atoms in total. The van der Waals surface area contributed by atoms with Crippen LogP contribution in [0.4, 0.5) is 11.4 Å². The first-order valence-electron chi connectivity index (χ1n) is 6.03. The van der Waals surface area contributed by atoms with E-state index in [1.165, 1.54) is 6.07 Å². The fraction of sp³-hybridized carbons (Fsp3) is 0.417. The highest BCUT2D eigenvalue weighted by molar-refractivity contribution is 9.10. The van der Waals surface area contributed by atoms with Gasteiger partial charge < -0.3 is 10.6 Å². The Morgan fingerprint density at radius 3 is 2.68 bits per heavy atom. The maximum Gasteiger partial charge on any atom is 0.283 e. The molecule has 0 aliphatic carbocycles. The minimum Gasteiger partial charge on any atom is -0.326 e. The summed E-state index contributed by atoms with van der Waals surface area (Å²) in [6.45, 7) is 1.70. The summed E-state index contributed by atoms with van der Waals surface area (Å²) in [5.74, 6) is -0.0162. The van der Waals surface area contributed by atoms with Crippen molar-refractivity contribution >= 4 is 33.2 Å². The van der Waals surface area contributed by atoms with Gasteiger partial charge in [-0.25, -0.2) is 0 Å². The van der Waals surface area contributed by atoms with Crippen molar-refractivity contribution < 1.29 is 9.72 Å². The summed E-state index contributed by atoms with van der Waals surface area (Å²) >= 11 is 3.13. The highest BCUT2D eigenvalue weighted by Gasteiger charge is 2.21. The Morgan fingerprint density at radius 2 is 2.11 bits per heavy atom. The molecule has 7 heteroatoms. The molecule has 0 saturated carbocycles. The molecule has 0 radical (unpaired) electrons. The SMILES string of the molecule is O=C(Nc1ccc([N+](=O)[O-])c(Br)c1)C1CCNCC1. The molecule has 19 heavy (non-hydrogen) atoms. The normalized spacial score (nSPS) is 16.1. The van der Waals surface area contributed by atoms with Gasteiger partial charge in [0.05, 0.1) is 9.40 Å². The van der Waals surface area contributed by atoms with Gasteiger partial charge >= 0.3 is 0 Å². The summed E-state index contributed by atoms with van der Waals surface area (Å²) in [7, 11) is 0. The fourth-order valence-electron chi connectivity index (χ4n) is 2.06. The predicted molar refractivity (Wildman–Crippen MR) is 75.0 cm³/mol. The van der Waals surface area contributed by atoms with E-state index in [1.807, 2.05) is 0 Å². The Balaban J connectivity index is 2.04. The average Bonchev–Trinajstić information content (AvgIpc) is 2.39. The van der Waals surface area contributed by atoms with Crippen LogP contribution in [0.2, 0.25) is 0 Å². The largest absolute Gasteiger partial charge is 0.326 e. The monoisotopic (exact) mass is 327 g/mol. The van der Waals surface area contributed by atoms with Crippen molar-refractivity contribution in [2.24, 2.45) is 5.92 Å². The summed E-state index contributed by atoms with van der Waals surface area (Å²) in [5.41, 5.74) is 0.556. The van der Waals surface area contributed by atoms with Gasteiger partial charge in [0.2, 0.25) is 5.91 Å². The second-order valence-corrected chi connectivity index (χ2v) is 5.29. The molecule has 1 amide bonds. The van der Waals surface area contributed by atoms with Gasteiger partial charge in [-0.2, -0.15) is 0 Å². The highest BCUT2D eigenvalue weighted by Crippen LogP contribution is 2.28. The Kier molecular flexibility index (Phi) is 4.49. The molecule has 0 atom stereocenters. The quantitative estimate of drug-likeness (QED) is 0.659. The standard InChI is InChI=1S/C12H14BrN3O3/c13-10-7-9(1-2-11(10)16(18)19)15-12(17)8-3-5-14-6-4-8/h1-2,7-8,14H,3-6H2,(H,15,17). The average molecular weight is 328 g/mol. The van der Waals surface area contributed by atoms with E-state index >= 15 is 0 Å². The van der Waals surface area contributed by atoms with Crippen LogP contribution in [0.25, 0.3) is 0 Å². The molecule has 0 spiro atoms. The minimum atomic E-state index is -0.470. The second kappa shape index (κ2) is 6.12. The smallest absolute Gasteiger partial charge is 0.283 e. The minimum absolute atomic E-state index is 0.00946. The first-order chi connectivity index (χ1) is 9.08. The summed E-state index contributed by atoms with van der Waals surface area (Å²) in [5, 5.41) is 16.7. The first-order valence-corrected chi connectivity index (χ1v) is 6.83. The summed E-state index contributed by atoms with van der Waals surface area (Å²) < 4.78 is 0.362. The van der Waals surface area contributed by atoms with E-state index in [0.29, 0.717) is 10.2 Å². The Morgan fingerprint density at radius 1 is 1.42 bits per heavy atom. The number of nitro benzene ring substituents is 1. The Labute approximate surface area is 118 Å². The predicted octanol–water partition coefficient (Wildman–Crippen LogP) is 2.30. The van der Waals surface area contributed by atoms with Crippen molar-refractivity contribution in [3.8, 4) is 0 Å². The van der Waals surface area contributed by atoms with Gasteiger partial charge in [0.15, 0.2) is 0 Å². The van der Waals surface area contributed by atoms with Crippen molar-refractivity contribution in [1.29, 1.82) is 0 Å². The van der Waals surface area contributed by atoms with Crippen LogP contribution in [0, 0.1) is 16.0 Å². The number of hydrogen-bond acceptors (Lipinski definition) is 4. The lowest BCUT2D eigenvalue weighted by Gasteiger charge is -2.21. The molecule has 0 bridgehead atoms. The van der Waals surface area contributed by atoms with Crippen LogP contribution in [-0.4, -0.2) is 23.9 Å². The van der Waals surface area contributed by atoms with Gasteiger partial charge in [-0.1, -0.05) is 0 Å². The van der Waals surface area contributed by atoms with Gasteiger partial charge in [-0.05, 0) is 54.0 Å². The Hall–Kier alpha value is -1.47. The first kappa shape index (κ1) is 14.0. The molecule has 1 aromatic carbocycles.